The normalized spacial score (nSPS) is 14.4. The Bertz CT molecular complexity index is 3260. The van der Waals surface area contributed by atoms with Gasteiger partial charge in [-0.1, -0.05) is 169 Å². The van der Waals surface area contributed by atoms with Crippen molar-refractivity contribution in [2.45, 2.75) is 96.3 Å². The van der Waals surface area contributed by atoms with Gasteiger partial charge in [0.25, 0.3) is 0 Å². The van der Waals surface area contributed by atoms with E-state index in [0.717, 1.165) is 72.6 Å². The second-order valence-electron chi connectivity index (χ2n) is 21.8. The Balaban J connectivity index is 1.19. The van der Waals surface area contributed by atoms with Crippen molar-refractivity contribution in [2.24, 2.45) is 0 Å². The van der Waals surface area contributed by atoms with Crippen LogP contribution in [0.2, 0.25) is 0 Å². The number of para-hydroxylation sites is 6. The highest BCUT2D eigenvalue weighted by molar-refractivity contribution is 6.07. The summed E-state index contributed by atoms with van der Waals surface area (Å²) in [7, 11) is 0. The Morgan fingerprint density at radius 1 is 0.231 bits per heavy atom. The van der Waals surface area contributed by atoms with E-state index < -0.39 is 0 Å². The Labute approximate surface area is 463 Å². The molecule has 0 saturated carbocycles. The van der Waals surface area contributed by atoms with Crippen LogP contribution in [0.25, 0.3) is 33.4 Å². The predicted molar refractivity (Wildman–Crippen MR) is 331 cm³/mol. The maximum atomic E-state index is 2.59. The minimum atomic E-state index is -0.249. The van der Waals surface area contributed by atoms with Crippen LogP contribution in [0.1, 0.15) is 113 Å². The molecule has 78 heavy (non-hydrogen) atoms. The molecule has 3 nitrogen and oxygen atoms in total. The van der Waals surface area contributed by atoms with Gasteiger partial charge < -0.3 is 14.7 Å². The molecule has 384 valence electrons. The number of fused-ring (bicyclic) bond motifs is 12. The molecular weight excluding hydrogens is 943 g/mol. The molecule has 10 aromatic carbocycles. The number of rotatable bonds is 15. The molecule has 0 atom stereocenters. The van der Waals surface area contributed by atoms with Gasteiger partial charge in [0.05, 0.1) is 0 Å². The Hall–Kier alpha value is -8.40. The van der Waals surface area contributed by atoms with E-state index in [-0.39, 0.29) is 16.2 Å². The lowest BCUT2D eigenvalue weighted by Crippen LogP contribution is -2.29. The molecule has 10 aromatic rings. The van der Waals surface area contributed by atoms with Gasteiger partial charge in [0, 0.05) is 67.4 Å². The molecule has 0 fully saturated rings. The van der Waals surface area contributed by atoms with Crippen LogP contribution >= 0.6 is 0 Å². The molecule has 0 amide bonds. The highest BCUT2D eigenvalue weighted by Gasteiger charge is 2.56. The van der Waals surface area contributed by atoms with Crippen molar-refractivity contribution in [3.63, 3.8) is 0 Å². The van der Waals surface area contributed by atoms with Gasteiger partial charge in [0.1, 0.15) is 0 Å². The van der Waals surface area contributed by atoms with E-state index >= 15 is 0 Å². The van der Waals surface area contributed by atoms with Crippen LogP contribution in [0.4, 0.5) is 51.2 Å². The molecule has 0 spiro atoms. The van der Waals surface area contributed by atoms with Gasteiger partial charge in [-0.25, -0.2) is 0 Å². The topological polar surface area (TPSA) is 9.72 Å². The molecule has 3 aliphatic rings. The number of hydrogen-bond donors (Lipinski definition) is 0. The summed E-state index contributed by atoms with van der Waals surface area (Å²) < 4.78 is 0. The van der Waals surface area contributed by atoms with E-state index in [1.54, 1.807) is 16.7 Å². The number of hydrogen-bond acceptors (Lipinski definition) is 3. The van der Waals surface area contributed by atoms with Crippen LogP contribution in [-0.2, 0) is 16.2 Å². The second kappa shape index (κ2) is 19.6. The first kappa shape index (κ1) is 49.2. The van der Waals surface area contributed by atoms with Gasteiger partial charge in [-0.05, 0) is 214 Å². The van der Waals surface area contributed by atoms with E-state index in [0.29, 0.717) is 0 Å². The van der Waals surface area contributed by atoms with E-state index in [1.807, 2.05) is 0 Å². The van der Waals surface area contributed by atoms with Gasteiger partial charge in [0.15, 0.2) is 0 Å². The molecule has 3 heteroatoms. The SMILES string of the molecule is CCC1(CC)c2ccc(N(c3ccccc3)c3ccccc3)cc2-c2c1c1c(c3c2C(CC)(CC)c2ccc(N(c4ccccc4)c4ccccc4)cc2-3)C(CC)(CC)c2ccc(N(c3ccccc3)c3ccccc3)cc2-1. The van der Waals surface area contributed by atoms with Crippen LogP contribution in [0.15, 0.2) is 237 Å². The zero-order valence-electron chi connectivity index (χ0n) is 46.1. The molecule has 0 saturated heterocycles. The van der Waals surface area contributed by atoms with E-state index in [1.165, 1.54) is 67.1 Å². The molecule has 0 radical (unpaired) electrons. The summed E-state index contributed by atoms with van der Waals surface area (Å²) >= 11 is 0. The first-order chi connectivity index (χ1) is 38.4. The maximum absolute atomic E-state index is 2.59. The highest BCUT2D eigenvalue weighted by Crippen LogP contribution is 2.71. The lowest BCUT2D eigenvalue weighted by molar-refractivity contribution is 0.473. The Morgan fingerprint density at radius 2 is 0.423 bits per heavy atom. The summed E-state index contributed by atoms with van der Waals surface area (Å²) in [5, 5.41) is 0. The number of nitrogens with zero attached hydrogens (tertiary/aromatic N) is 3. The van der Waals surface area contributed by atoms with Crippen molar-refractivity contribution in [1.82, 2.24) is 0 Å². The van der Waals surface area contributed by atoms with Gasteiger partial charge in [-0.15, -0.1) is 0 Å². The van der Waals surface area contributed by atoms with Crippen molar-refractivity contribution in [3.8, 4) is 33.4 Å². The van der Waals surface area contributed by atoms with Crippen LogP contribution < -0.4 is 14.7 Å². The minimum absolute atomic E-state index is 0.249. The number of anilines is 9. The zero-order valence-corrected chi connectivity index (χ0v) is 46.1. The van der Waals surface area contributed by atoms with Crippen LogP contribution in [0, 0.1) is 0 Å². The fourth-order valence-corrected chi connectivity index (χ4v) is 15.0. The molecule has 0 aliphatic heterocycles. The van der Waals surface area contributed by atoms with Crippen molar-refractivity contribution >= 4 is 51.2 Å². The van der Waals surface area contributed by atoms with E-state index in [4.69, 9.17) is 0 Å². The maximum Gasteiger partial charge on any atom is 0.0468 e. The summed E-state index contributed by atoms with van der Waals surface area (Å²) in [5.74, 6) is 0. The van der Waals surface area contributed by atoms with Crippen LogP contribution in [0.5, 0.6) is 0 Å². The fourth-order valence-electron chi connectivity index (χ4n) is 15.0. The predicted octanol–water partition coefficient (Wildman–Crippen LogP) is 21.4. The average Bonchev–Trinajstić information content (AvgIpc) is 4.23. The summed E-state index contributed by atoms with van der Waals surface area (Å²) in [6.45, 7) is 14.8. The molecule has 0 N–H and O–H groups in total. The molecule has 0 heterocycles. The quantitative estimate of drug-likeness (QED) is 0.101. The molecule has 3 aliphatic carbocycles. The first-order valence-corrected chi connectivity index (χ1v) is 28.8. The summed E-state index contributed by atoms with van der Waals surface area (Å²) in [5.41, 5.74) is 27.2. The molecule has 0 aromatic heterocycles. The standard InChI is InChI=1S/C75H69N3/c1-7-73(8-2)64-46-43-58(76(52-31-19-13-20-32-52)53-33-21-14-22-34-53)49-61(64)67-70(73)68-62-50-59(77(54-35-23-15-24-36-54)55-37-25-16-26-38-55)44-47-65(62)74(9-3,10-4)72(68)69-63-51-60(45-48-66(63)75(11-5,12-6)71(67)69)78(56-39-27-17-28-40-56)57-41-29-18-30-42-57/h13-51H,7-12H2,1-6H3. The summed E-state index contributed by atoms with van der Waals surface area (Å²) in [6.07, 6.45) is 5.92. The molecule has 0 unspecified atom stereocenters. The van der Waals surface area contributed by atoms with Crippen LogP contribution in [-0.4, -0.2) is 0 Å². The molecule has 13 rings (SSSR count). The van der Waals surface area contributed by atoms with Crippen molar-refractivity contribution in [3.05, 3.63) is 270 Å². The monoisotopic (exact) mass is 1010 g/mol. The second-order valence-corrected chi connectivity index (χ2v) is 21.8. The third kappa shape index (κ3) is 7.16. The lowest BCUT2D eigenvalue weighted by Gasteiger charge is -2.37. The van der Waals surface area contributed by atoms with Crippen molar-refractivity contribution < 1.29 is 0 Å². The van der Waals surface area contributed by atoms with Gasteiger partial charge >= 0.3 is 0 Å². The average molecular weight is 1010 g/mol. The van der Waals surface area contributed by atoms with Crippen LogP contribution in [0.3, 0.4) is 0 Å². The van der Waals surface area contributed by atoms with Gasteiger partial charge in [-0.2, -0.15) is 0 Å². The van der Waals surface area contributed by atoms with Crippen molar-refractivity contribution in [2.75, 3.05) is 14.7 Å². The van der Waals surface area contributed by atoms with E-state index in [2.05, 4.69) is 293 Å². The Kier molecular flexibility index (Phi) is 12.3. The van der Waals surface area contributed by atoms with Gasteiger partial charge in [0.2, 0.25) is 0 Å². The molecular formula is C75H69N3. The third-order valence-corrected chi connectivity index (χ3v) is 18.8. The largest absolute Gasteiger partial charge is 0.310 e. The third-order valence-electron chi connectivity index (χ3n) is 18.8. The zero-order chi connectivity index (χ0) is 53.2. The number of benzene rings is 10. The highest BCUT2D eigenvalue weighted by atomic mass is 15.2. The fraction of sp³-hybridized carbons (Fsp3) is 0.200. The van der Waals surface area contributed by atoms with Crippen molar-refractivity contribution in [1.29, 1.82) is 0 Å². The van der Waals surface area contributed by atoms with Gasteiger partial charge in [-0.3, -0.25) is 0 Å². The minimum Gasteiger partial charge on any atom is -0.310 e. The summed E-state index contributed by atoms with van der Waals surface area (Å²) in [6, 6.07) is 88.4. The lowest BCUT2D eigenvalue weighted by atomic mass is 9.65. The Morgan fingerprint density at radius 3 is 0.603 bits per heavy atom. The first-order valence-electron chi connectivity index (χ1n) is 28.8. The van der Waals surface area contributed by atoms with E-state index in [9.17, 15) is 0 Å². The summed E-state index contributed by atoms with van der Waals surface area (Å²) in [4.78, 5) is 7.39. The smallest absolute Gasteiger partial charge is 0.0468 e. The molecule has 0 bridgehead atoms.